The molecule has 0 heterocycles. The van der Waals surface area contributed by atoms with Crippen LogP contribution in [0.25, 0.3) is 0 Å². The van der Waals surface area contributed by atoms with Crippen molar-refractivity contribution in [2.45, 2.75) is 6.10 Å². The van der Waals surface area contributed by atoms with Crippen LogP contribution in [-0.2, 0) is 0 Å². The zero-order valence-electron chi connectivity index (χ0n) is 6.37. The smallest absolute Gasteiger partial charge is 0.134 e. The molecule has 0 aliphatic carbocycles. The minimum atomic E-state index is -0.815. The van der Waals surface area contributed by atoms with Crippen molar-refractivity contribution in [3.05, 3.63) is 28.8 Å². The van der Waals surface area contributed by atoms with Crippen LogP contribution in [0.2, 0.25) is 5.02 Å². The van der Waals surface area contributed by atoms with E-state index < -0.39 is 6.10 Å². The molecule has 0 spiro atoms. The van der Waals surface area contributed by atoms with Gasteiger partial charge in [-0.15, -0.1) is 0 Å². The Hall–Kier alpha value is -0.770. The van der Waals surface area contributed by atoms with E-state index in [4.69, 9.17) is 22.4 Å². The van der Waals surface area contributed by atoms with Crippen molar-refractivity contribution < 1.29 is 10.2 Å². The predicted octanol–water partition coefficient (Wildman–Crippen LogP) is 1.04. The van der Waals surface area contributed by atoms with E-state index in [1.165, 1.54) is 6.07 Å². The summed E-state index contributed by atoms with van der Waals surface area (Å²) < 4.78 is 0. The third-order valence-corrected chi connectivity index (χ3v) is 2.00. The number of hydrogen-bond acceptors (Lipinski definition) is 3. The molecule has 4 N–H and O–H groups in total. The van der Waals surface area contributed by atoms with Gasteiger partial charge in [0.1, 0.15) is 5.75 Å². The Labute approximate surface area is 75.4 Å². The number of aliphatic hydroxyl groups excluding tert-OH is 1. The van der Waals surface area contributed by atoms with Crippen molar-refractivity contribution in [2.24, 2.45) is 5.73 Å². The molecular weight excluding hydrogens is 178 g/mol. The number of phenols is 1. The van der Waals surface area contributed by atoms with E-state index in [2.05, 4.69) is 0 Å². The molecule has 3 nitrogen and oxygen atoms in total. The molecule has 1 unspecified atom stereocenters. The third-order valence-electron chi connectivity index (χ3n) is 1.59. The first-order chi connectivity index (χ1) is 5.66. The summed E-state index contributed by atoms with van der Waals surface area (Å²) in [5.41, 5.74) is 5.69. The molecule has 1 rings (SSSR count). The Balaban J connectivity index is 3.07. The van der Waals surface area contributed by atoms with Gasteiger partial charge in [0.05, 0.1) is 11.1 Å². The summed E-state index contributed by atoms with van der Waals surface area (Å²) in [6.07, 6.45) is -0.815. The fraction of sp³-hybridized carbons (Fsp3) is 0.250. The number of phenolic OH excluding ortho intramolecular Hbond substituents is 1. The fourth-order valence-corrected chi connectivity index (χ4v) is 1.17. The van der Waals surface area contributed by atoms with Gasteiger partial charge in [-0.25, -0.2) is 0 Å². The van der Waals surface area contributed by atoms with E-state index in [1.54, 1.807) is 12.1 Å². The Bertz CT molecular complexity index is 278. The molecule has 1 aromatic carbocycles. The molecule has 0 radical (unpaired) electrons. The number of rotatable bonds is 2. The van der Waals surface area contributed by atoms with Gasteiger partial charge < -0.3 is 15.9 Å². The van der Waals surface area contributed by atoms with Gasteiger partial charge in [0, 0.05) is 12.1 Å². The van der Waals surface area contributed by atoms with E-state index >= 15 is 0 Å². The van der Waals surface area contributed by atoms with Crippen molar-refractivity contribution in [1.29, 1.82) is 0 Å². The molecule has 0 aromatic heterocycles. The van der Waals surface area contributed by atoms with Crippen LogP contribution in [0, 0.1) is 0 Å². The van der Waals surface area contributed by atoms with E-state index in [0.717, 1.165) is 0 Å². The molecule has 0 aliphatic rings. The van der Waals surface area contributed by atoms with Gasteiger partial charge in [-0.05, 0) is 6.07 Å². The maximum atomic E-state index is 9.31. The molecule has 0 aliphatic heterocycles. The van der Waals surface area contributed by atoms with E-state index in [-0.39, 0.29) is 17.3 Å². The Kier molecular flexibility index (Phi) is 2.92. The van der Waals surface area contributed by atoms with E-state index in [9.17, 15) is 5.11 Å². The largest absolute Gasteiger partial charge is 0.506 e. The maximum Gasteiger partial charge on any atom is 0.134 e. The quantitative estimate of drug-likeness (QED) is 0.648. The summed E-state index contributed by atoms with van der Waals surface area (Å²) in [6.45, 7) is 0.0865. The third kappa shape index (κ3) is 1.69. The lowest BCUT2D eigenvalue weighted by Crippen LogP contribution is -2.11. The summed E-state index contributed by atoms with van der Waals surface area (Å²) >= 11 is 5.70. The van der Waals surface area contributed by atoms with Crippen molar-refractivity contribution in [2.75, 3.05) is 6.54 Å². The molecule has 1 atom stereocenters. The zero-order valence-corrected chi connectivity index (χ0v) is 7.12. The van der Waals surface area contributed by atoms with Crippen LogP contribution in [0.15, 0.2) is 18.2 Å². The number of aliphatic hydroxyl groups is 1. The van der Waals surface area contributed by atoms with Crippen LogP contribution in [0.3, 0.4) is 0 Å². The van der Waals surface area contributed by atoms with Gasteiger partial charge in [-0.1, -0.05) is 23.7 Å². The lowest BCUT2D eigenvalue weighted by Gasteiger charge is -2.10. The predicted molar refractivity (Wildman–Crippen MR) is 47.1 cm³/mol. The molecule has 4 heteroatoms. The van der Waals surface area contributed by atoms with Crippen LogP contribution in [0.1, 0.15) is 11.7 Å². The van der Waals surface area contributed by atoms with E-state index in [1.807, 2.05) is 0 Å². The Morgan fingerprint density at radius 1 is 1.50 bits per heavy atom. The maximum absolute atomic E-state index is 9.31. The van der Waals surface area contributed by atoms with Crippen molar-refractivity contribution in [3.63, 3.8) is 0 Å². The van der Waals surface area contributed by atoms with Crippen molar-refractivity contribution in [1.82, 2.24) is 0 Å². The number of benzene rings is 1. The van der Waals surface area contributed by atoms with Crippen molar-refractivity contribution in [3.8, 4) is 5.75 Å². The summed E-state index contributed by atoms with van der Waals surface area (Å²) in [6, 6.07) is 4.68. The highest BCUT2D eigenvalue weighted by atomic mass is 35.5. The van der Waals surface area contributed by atoms with Crippen LogP contribution in [0.4, 0.5) is 0 Å². The fourth-order valence-electron chi connectivity index (χ4n) is 0.921. The Morgan fingerprint density at radius 2 is 2.17 bits per heavy atom. The number of hydrogen-bond donors (Lipinski definition) is 3. The monoisotopic (exact) mass is 187 g/mol. The van der Waals surface area contributed by atoms with Gasteiger partial charge in [-0.3, -0.25) is 0 Å². The van der Waals surface area contributed by atoms with Crippen LogP contribution in [-0.4, -0.2) is 16.8 Å². The number of halogens is 1. The first-order valence-corrected chi connectivity index (χ1v) is 3.90. The molecular formula is C8H10ClNO2. The van der Waals surface area contributed by atoms with Crippen LogP contribution >= 0.6 is 11.6 Å². The highest BCUT2D eigenvalue weighted by molar-refractivity contribution is 6.32. The molecule has 0 saturated carbocycles. The van der Waals surface area contributed by atoms with Gasteiger partial charge in [0.15, 0.2) is 0 Å². The average molecular weight is 188 g/mol. The van der Waals surface area contributed by atoms with Crippen LogP contribution in [0.5, 0.6) is 5.75 Å². The number of nitrogens with two attached hydrogens (primary N) is 1. The minimum Gasteiger partial charge on any atom is -0.506 e. The highest BCUT2D eigenvalue weighted by Gasteiger charge is 2.11. The lowest BCUT2D eigenvalue weighted by molar-refractivity contribution is 0.186. The van der Waals surface area contributed by atoms with Gasteiger partial charge in [-0.2, -0.15) is 0 Å². The molecule has 1 aromatic rings. The second-order valence-electron chi connectivity index (χ2n) is 2.43. The minimum absolute atomic E-state index is 0.0401. The molecule has 0 saturated heterocycles. The standard InChI is InChI=1S/C8H10ClNO2/c9-8-5(7(12)4-10)2-1-3-6(8)11/h1-3,7,11-12H,4,10H2. The zero-order chi connectivity index (χ0) is 9.14. The summed E-state index contributed by atoms with van der Waals surface area (Å²) in [4.78, 5) is 0. The van der Waals surface area contributed by atoms with Crippen molar-refractivity contribution >= 4 is 11.6 Å². The Morgan fingerprint density at radius 3 is 2.75 bits per heavy atom. The lowest BCUT2D eigenvalue weighted by atomic mass is 10.1. The topological polar surface area (TPSA) is 66.5 Å². The van der Waals surface area contributed by atoms with Gasteiger partial charge in [0.2, 0.25) is 0 Å². The second-order valence-corrected chi connectivity index (χ2v) is 2.81. The molecule has 12 heavy (non-hydrogen) atoms. The normalized spacial score (nSPS) is 12.9. The summed E-state index contributed by atoms with van der Waals surface area (Å²) in [5.74, 6) is -0.0401. The number of aromatic hydroxyl groups is 1. The molecule has 0 bridgehead atoms. The summed E-state index contributed by atoms with van der Waals surface area (Å²) in [7, 11) is 0. The summed E-state index contributed by atoms with van der Waals surface area (Å²) in [5, 5.41) is 18.6. The SMILES string of the molecule is NCC(O)c1cccc(O)c1Cl. The van der Waals surface area contributed by atoms with Crippen LogP contribution < -0.4 is 5.73 Å². The second kappa shape index (κ2) is 3.76. The molecule has 0 fully saturated rings. The van der Waals surface area contributed by atoms with E-state index in [0.29, 0.717) is 5.56 Å². The molecule has 0 amide bonds. The molecule has 66 valence electrons. The first kappa shape index (κ1) is 9.32. The van der Waals surface area contributed by atoms with Gasteiger partial charge in [0.25, 0.3) is 0 Å². The average Bonchev–Trinajstić information content (AvgIpc) is 2.08. The highest BCUT2D eigenvalue weighted by Crippen LogP contribution is 2.30. The first-order valence-electron chi connectivity index (χ1n) is 3.52. The van der Waals surface area contributed by atoms with Gasteiger partial charge >= 0.3 is 0 Å².